The van der Waals surface area contributed by atoms with Gasteiger partial charge in [-0.3, -0.25) is 4.68 Å². The van der Waals surface area contributed by atoms with Crippen LogP contribution >= 0.6 is 0 Å². The average molecular weight is 415 g/mol. The molecule has 7 nitrogen and oxygen atoms in total. The number of sulfonamides is 1. The molecule has 0 radical (unpaired) electrons. The maximum Gasteiger partial charge on any atom is 0.435 e. The Labute approximate surface area is 152 Å². The molecular formula is C14H18F5N5O2S. The number of aryl methyl sites for hydroxylation is 1. The van der Waals surface area contributed by atoms with Crippen LogP contribution in [0.4, 0.5) is 22.0 Å². The fraction of sp³-hybridized carbons (Fsp3) is 0.571. The highest BCUT2D eigenvalue weighted by molar-refractivity contribution is 7.89. The van der Waals surface area contributed by atoms with Crippen LogP contribution < -0.4 is 4.72 Å². The summed E-state index contributed by atoms with van der Waals surface area (Å²) in [5, 5.41) is 6.82. The summed E-state index contributed by atoms with van der Waals surface area (Å²) in [5.74, 6) is -0.412. The van der Waals surface area contributed by atoms with Crippen LogP contribution in [0.5, 0.6) is 0 Å². The first kappa shape index (κ1) is 21.3. The molecule has 0 aliphatic heterocycles. The minimum absolute atomic E-state index is 0.0414. The van der Waals surface area contributed by atoms with Gasteiger partial charge in [-0.1, -0.05) is 6.92 Å². The van der Waals surface area contributed by atoms with Crippen molar-refractivity contribution in [2.75, 3.05) is 6.54 Å². The van der Waals surface area contributed by atoms with Crippen molar-refractivity contribution in [3.8, 4) is 0 Å². The first-order valence-corrected chi connectivity index (χ1v) is 9.24. The summed E-state index contributed by atoms with van der Waals surface area (Å²) >= 11 is 0. The van der Waals surface area contributed by atoms with Gasteiger partial charge in [0.2, 0.25) is 10.0 Å². The van der Waals surface area contributed by atoms with Gasteiger partial charge in [-0.05, 0) is 25.8 Å². The van der Waals surface area contributed by atoms with Crippen LogP contribution in [-0.2, 0) is 22.7 Å². The maximum absolute atomic E-state index is 12.7. The third-order valence-corrected chi connectivity index (χ3v) is 5.38. The van der Waals surface area contributed by atoms with Crippen LogP contribution in [0, 0.1) is 19.8 Å². The average Bonchev–Trinajstić information content (AvgIpc) is 3.09. The van der Waals surface area contributed by atoms with E-state index in [-0.39, 0.29) is 34.1 Å². The van der Waals surface area contributed by atoms with Crippen LogP contribution in [0.25, 0.3) is 0 Å². The molecule has 2 rings (SSSR count). The molecule has 0 aromatic carbocycles. The predicted octanol–water partition coefficient (Wildman–Crippen LogP) is 2.72. The number of alkyl halides is 5. The molecule has 0 saturated heterocycles. The van der Waals surface area contributed by atoms with E-state index in [2.05, 4.69) is 14.9 Å². The smallest absolute Gasteiger partial charge is 0.269 e. The maximum atomic E-state index is 12.7. The quantitative estimate of drug-likeness (QED) is 0.705. The molecule has 0 aliphatic rings. The highest BCUT2D eigenvalue weighted by Gasteiger charge is 2.34. The van der Waals surface area contributed by atoms with Crippen LogP contribution in [-0.4, -0.2) is 34.5 Å². The molecule has 152 valence electrons. The van der Waals surface area contributed by atoms with Crippen LogP contribution in [0.3, 0.4) is 0 Å². The Morgan fingerprint density at radius 2 is 1.89 bits per heavy atom. The van der Waals surface area contributed by atoms with Crippen LogP contribution in [0.1, 0.15) is 30.6 Å². The molecule has 2 aromatic heterocycles. The van der Waals surface area contributed by atoms with Crippen LogP contribution in [0.15, 0.2) is 17.2 Å². The van der Waals surface area contributed by atoms with Crippen molar-refractivity contribution in [2.24, 2.45) is 5.92 Å². The molecule has 0 fully saturated rings. The summed E-state index contributed by atoms with van der Waals surface area (Å²) in [6.07, 6.45) is -3.75. The molecule has 2 aromatic rings. The Balaban J connectivity index is 2.05. The first-order valence-electron chi connectivity index (χ1n) is 7.76. The number of hydrogen-bond acceptors (Lipinski definition) is 4. The molecule has 1 atom stereocenters. The zero-order valence-electron chi connectivity index (χ0n) is 14.6. The van der Waals surface area contributed by atoms with E-state index in [4.69, 9.17) is 0 Å². The van der Waals surface area contributed by atoms with Crippen molar-refractivity contribution in [1.82, 2.24) is 24.3 Å². The normalized spacial score (nSPS) is 14.1. The summed E-state index contributed by atoms with van der Waals surface area (Å²) < 4.78 is 91.7. The van der Waals surface area contributed by atoms with Gasteiger partial charge in [0.25, 0.3) is 0 Å². The third kappa shape index (κ3) is 4.83. The Morgan fingerprint density at radius 3 is 2.37 bits per heavy atom. The largest absolute Gasteiger partial charge is 0.435 e. The zero-order valence-corrected chi connectivity index (χ0v) is 15.4. The molecule has 0 saturated carbocycles. The minimum Gasteiger partial charge on any atom is -0.269 e. The number of nitrogens with one attached hydrogen (secondary N) is 1. The number of nitrogens with zero attached hydrogens (tertiary/aromatic N) is 4. The monoisotopic (exact) mass is 415 g/mol. The molecule has 0 spiro atoms. The highest BCUT2D eigenvalue weighted by atomic mass is 32.2. The second kappa shape index (κ2) is 7.54. The van der Waals surface area contributed by atoms with Gasteiger partial charge in [0.15, 0.2) is 5.69 Å². The Kier molecular flexibility index (Phi) is 5.94. The van der Waals surface area contributed by atoms with Gasteiger partial charge in [-0.15, -0.1) is 0 Å². The van der Waals surface area contributed by atoms with Gasteiger partial charge in [0, 0.05) is 18.8 Å². The van der Waals surface area contributed by atoms with Gasteiger partial charge in [-0.2, -0.15) is 32.1 Å². The molecule has 2 heterocycles. The summed E-state index contributed by atoms with van der Waals surface area (Å²) in [5.41, 5.74) is -0.961. The molecule has 0 bridgehead atoms. The Hall–Kier alpha value is -2.02. The number of aromatic nitrogens is 4. The van der Waals surface area contributed by atoms with E-state index in [1.165, 1.54) is 13.8 Å². The summed E-state index contributed by atoms with van der Waals surface area (Å²) in [4.78, 5) is -0.385. The van der Waals surface area contributed by atoms with Crippen molar-refractivity contribution in [2.45, 2.75) is 44.9 Å². The lowest BCUT2D eigenvalue weighted by Crippen LogP contribution is -2.30. The van der Waals surface area contributed by atoms with E-state index in [1.54, 1.807) is 6.92 Å². The lowest BCUT2D eigenvalue weighted by Gasteiger charge is -2.14. The Bertz CT molecular complexity index is 904. The molecule has 13 heteroatoms. The summed E-state index contributed by atoms with van der Waals surface area (Å²) in [6.45, 7) is 1.22. The minimum atomic E-state index is -4.57. The first-order chi connectivity index (χ1) is 12.3. The van der Waals surface area contributed by atoms with E-state index < -0.39 is 34.4 Å². The van der Waals surface area contributed by atoms with E-state index in [1.807, 2.05) is 0 Å². The van der Waals surface area contributed by atoms with Gasteiger partial charge >= 0.3 is 12.7 Å². The summed E-state index contributed by atoms with van der Waals surface area (Å²) in [6, 6.07) is 0.902. The van der Waals surface area contributed by atoms with Crippen LogP contribution in [0.2, 0.25) is 0 Å². The molecular weight excluding hydrogens is 397 g/mol. The van der Waals surface area contributed by atoms with E-state index in [0.717, 1.165) is 16.9 Å². The topological polar surface area (TPSA) is 81.8 Å². The van der Waals surface area contributed by atoms with Crippen molar-refractivity contribution in [3.05, 3.63) is 29.3 Å². The van der Waals surface area contributed by atoms with Crippen molar-refractivity contribution >= 4 is 10.0 Å². The van der Waals surface area contributed by atoms with E-state index >= 15 is 0 Å². The lowest BCUT2D eigenvalue weighted by atomic mass is 10.2. The zero-order chi connectivity index (χ0) is 20.6. The van der Waals surface area contributed by atoms with Gasteiger partial charge in [0.05, 0.1) is 11.9 Å². The lowest BCUT2D eigenvalue weighted by molar-refractivity contribution is -0.141. The van der Waals surface area contributed by atoms with Crippen molar-refractivity contribution in [3.63, 3.8) is 0 Å². The van der Waals surface area contributed by atoms with Gasteiger partial charge in [0.1, 0.15) is 4.90 Å². The molecule has 0 amide bonds. The molecule has 0 unspecified atom stereocenters. The van der Waals surface area contributed by atoms with E-state index in [0.29, 0.717) is 0 Å². The predicted molar refractivity (Wildman–Crippen MR) is 84.5 cm³/mol. The highest BCUT2D eigenvalue weighted by Crippen LogP contribution is 2.28. The fourth-order valence-electron chi connectivity index (χ4n) is 2.39. The molecule has 0 aliphatic carbocycles. The SMILES string of the molecule is Cc1cc(C(F)(F)F)nn1C[C@@H](C)CNS(=O)(=O)c1cnn(C(F)F)c1C. The standard InChI is InChI=1S/C14H18F5N5O2S/c1-8(7-23-9(2)4-12(22-23)14(17,18)19)5-21-27(25,26)11-6-20-24(10(11)3)13(15)16/h4,6,8,13,21H,5,7H2,1-3H3/t8-/m0/s1. The second-order valence-electron chi connectivity index (χ2n) is 6.12. The summed E-state index contributed by atoms with van der Waals surface area (Å²) in [7, 11) is -4.10. The molecule has 1 N–H and O–H groups in total. The van der Waals surface area contributed by atoms with Gasteiger partial charge in [-0.25, -0.2) is 17.8 Å². The molecule has 27 heavy (non-hydrogen) atoms. The van der Waals surface area contributed by atoms with Gasteiger partial charge < -0.3 is 0 Å². The van der Waals surface area contributed by atoms with Crippen molar-refractivity contribution in [1.29, 1.82) is 0 Å². The third-order valence-electron chi connectivity index (χ3n) is 3.85. The number of halogens is 5. The van der Waals surface area contributed by atoms with E-state index in [9.17, 15) is 30.4 Å². The van der Waals surface area contributed by atoms with Crippen molar-refractivity contribution < 1.29 is 30.4 Å². The number of hydrogen-bond donors (Lipinski definition) is 1. The fourth-order valence-corrected chi connectivity index (χ4v) is 3.72. The Morgan fingerprint density at radius 1 is 1.26 bits per heavy atom. The second-order valence-corrected chi connectivity index (χ2v) is 7.86. The number of rotatable bonds is 7.